The molecule has 1 amide bonds. The van der Waals surface area contributed by atoms with Crippen LogP contribution in [0.2, 0.25) is 5.02 Å². The maximum absolute atomic E-state index is 12.5. The first-order valence-electron chi connectivity index (χ1n) is 7.94. The van der Waals surface area contributed by atoms with Crippen LogP contribution in [0.25, 0.3) is 0 Å². The van der Waals surface area contributed by atoms with Crippen LogP contribution in [-0.4, -0.2) is 53.5 Å². The number of rotatable bonds is 8. The van der Waals surface area contributed by atoms with Crippen molar-refractivity contribution in [3.8, 4) is 0 Å². The Balaban J connectivity index is 2.10. The standard InChI is InChI=1S/C16H17ClN2O7S/c1-27-7-5-12(15(21)26-13-4-6-25-16(13)22)18-14(20)10-3-2-9(19(23)24)8-11(10)17/h2-3,8,12-13H,4-7H2,1H3,(H,18,20)/t12-,13-/m1/s1. The summed E-state index contributed by atoms with van der Waals surface area (Å²) in [4.78, 5) is 46.4. The van der Waals surface area contributed by atoms with Gasteiger partial charge >= 0.3 is 11.9 Å². The number of amides is 1. The Labute approximate surface area is 163 Å². The van der Waals surface area contributed by atoms with Crippen LogP contribution in [0.15, 0.2) is 18.2 Å². The van der Waals surface area contributed by atoms with E-state index in [4.69, 9.17) is 21.1 Å². The molecule has 2 rings (SSSR count). The molecule has 1 saturated heterocycles. The summed E-state index contributed by atoms with van der Waals surface area (Å²) >= 11 is 7.42. The minimum absolute atomic E-state index is 0.00973. The van der Waals surface area contributed by atoms with Crippen molar-refractivity contribution in [3.63, 3.8) is 0 Å². The molecule has 0 unspecified atom stereocenters. The van der Waals surface area contributed by atoms with Crippen LogP contribution in [0.1, 0.15) is 23.2 Å². The van der Waals surface area contributed by atoms with Gasteiger partial charge in [0.05, 0.1) is 22.1 Å². The van der Waals surface area contributed by atoms with Crippen molar-refractivity contribution in [1.29, 1.82) is 0 Å². The number of esters is 2. The number of ether oxygens (including phenoxy) is 2. The average Bonchev–Trinajstić information content (AvgIpc) is 3.02. The van der Waals surface area contributed by atoms with E-state index >= 15 is 0 Å². The van der Waals surface area contributed by atoms with Gasteiger partial charge in [-0.2, -0.15) is 11.8 Å². The van der Waals surface area contributed by atoms with Crippen molar-refractivity contribution in [1.82, 2.24) is 5.32 Å². The molecule has 0 spiro atoms. The fraction of sp³-hybridized carbons (Fsp3) is 0.438. The van der Waals surface area contributed by atoms with E-state index in [-0.39, 0.29) is 35.7 Å². The number of carbonyl (C=O) groups excluding carboxylic acids is 3. The summed E-state index contributed by atoms with van der Waals surface area (Å²) in [5, 5.41) is 13.2. The van der Waals surface area contributed by atoms with Gasteiger partial charge in [0.15, 0.2) is 0 Å². The number of hydrogen-bond donors (Lipinski definition) is 1. The molecule has 1 aliphatic heterocycles. The number of nitrogens with zero attached hydrogens (tertiary/aromatic N) is 1. The SMILES string of the molecule is CSCC[C@@H](NC(=O)c1ccc([N+](=O)[O-])cc1Cl)C(=O)O[C@@H]1CCOC1=O. The van der Waals surface area contributed by atoms with Gasteiger partial charge in [0, 0.05) is 18.6 Å². The number of nitro benzene ring substituents is 1. The van der Waals surface area contributed by atoms with Crippen LogP contribution in [-0.2, 0) is 19.1 Å². The zero-order valence-corrected chi connectivity index (χ0v) is 15.9. The van der Waals surface area contributed by atoms with Crippen molar-refractivity contribution in [2.75, 3.05) is 18.6 Å². The van der Waals surface area contributed by atoms with Crippen molar-refractivity contribution in [2.45, 2.75) is 25.0 Å². The Morgan fingerprint density at radius 3 is 2.81 bits per heavy atom. The fourth-order valence-corrected chi connectivity index (χ4v) is 3.06. The number of benzene rings is 1. The van der Waals surface area contributed by atoms with Crippen LogP contribution < -0.4 is 5.32 Å². The van der Waals surface area contributed by atoms with Gasteiger partial charge in [-0.1, -0.05) is 11.6 Å². The number of halogens is 1. The maximum Gasteiger partial charge on any atom is 0.347 e. The van der Waals surface area contributed by atoms with Gasteiger partial charge in [0.25, 0.3) is 11.6 Å². The molecule has 9 nitrogen and oxygen atoms in total. The Morgan fingerprint density at radius 2 is 2.26 bits per heavy atom. The number of carbonyl (C=O) groups is 3. The first kappa shape index (κ1) is 21.0. The summed E-state index contributed by atoms with van der Waals surface area (Å²) in [5.41, 5.74) is -0.265. The largest absolute Gasteiger partial charge is 0.463 e. The maximum atomic E-state index is 12.5. The number of hydrogen-bond acceptors (Lipinski definition) is 8. The highest BCUT2D eigenvalue weighted by Gasteiger charge is 2.33. The molecule has 146 valence electrons. The van der Waals surface area contributed by atoms with Crippen molar-refractivity contribution in [3.05, 3.63) is 38.9 Å². The van der Waals surface area contributed by atoms with E-state index in [9.17, 15) is 24.5 Å². The number of non-ortho nitro benzene ring substituents is 1. The van der Waals surface area contributed by atoms with Gasteiger partial charge in [-0.25, -0.2) is 9.59 Å². The van der Waals surface area contributed by atoms with Crippen LogP contribution in [0, 0.1) is 10.1 Å². The molecule has 2 atom stereocenters. The first-order valence-corrected chi connectivity index (χ1v) is 9.71. The van der Waals surface area contributed by atoms with E-state index in [1.807, 2.05) is 6.26 Å². The summed E-state index contributed by atoms with van der Waals surface area (Å²) in [6.07, 6.45) is 1.40. The van der Waals surface area contributed by atoms with Gasteiger partial charge in [-0.05, 0) is 24.5 Å². The van der Waals surface area contributed by atoms with Gasteiger partial charge in [0.1, 0.15) is 6.04 Å². The molecule has 0 saturated carbocycles. The van der Waals surface area contributed by atoms with E-state index < -0.39 is 34.9 Å². The predicted octanol–water partition coefficient (Wildman–Crippen LogP) is 1.96. The van der Waals surface area contributed by atoms with E-state index in [1.54, 1.807) is 0 Å². The summed E-state index contributed by atoms with van der Waals surface area (Å²) in [6.45, 7) is 0.178. The molecule has 0 aromatic heterocycles. The average molecular weight is 417 g/mol. The smallest absolute Gasteiger partial charge is 0.347 e. The molecule has 1 aliphatic rings. The Morgan fingerprint density at radius 1 is 1.52 bits per heavy atom. The third-order valence-electron chi connectivity index (χ3n) is 3.75. The highest BCUT2D eigenvalue weighted by molar-refractivity contribution is 7.98. The molecule has 1 fully saturated rings. The van der Waals surface area contributed by atoms with Crippen LogP contribution in [0.5, 0.6) is 0 Å². The molecule has 0 radical (unpaired) electrons. The van der Waals surface area contributed by atoms with E-state index in [2.05, 4.69) is 5.32 Å². The van der Waals surface area contributed by atoms with Crippen LogP contribution in [0.4, 0.5) is 5.69 Å². The van der Waals surface area contributed by atoms with Gasteiger partial charge < -0.3 is 14.8 Å². The van der Waals surface area contributed by atoms with Crippen molar-refractivity contribution in [2.24, 2.45) is 0 Å². The van der Waals surface area contributed by atoms with Crippen LogP contribution in [0.3, 0.4) is 0 Å². The minimum Gasteiger partial charge on any atom is -0.463 e. The molecule has 1 aromatic carbocycles. The quantitative estimate of drug-likeness (QED) is 0.387. The van der Waals surface area contributed by atoms with Gasteiger partial charge in [0.2, 0.25) is 6.10 Å². The molecule has 27 heavy (non-hydrogen) atoms. The third-order valence-corrected chi connectivity index (χ3v) is 4.71. The normalized spacial score (nSPS) is 17.1. The highest BCUT2D eigenvalue weighted by Crippen LogP contribution is 2.23. The summed E-state index contributed by atoms with van der Waals surface area (Å²) in [5.74, 6) is -1.48. The monoisotopic (exact) mass is 416 g/mol. The molecule has 1 N–H and O–H groups in total. The lowest BCUT2D eigenvalue weighted by Crippen LogP contribution is -2.44. The molecule has 1 aromatic rings. The summed E-state index contributed by atoms with van der Waals surface area (Å²) in [7, 11) is 0. The van der Waals surface area contributed by atoms with E-state index in [0.29, 0.717) is 5.75 Å². The molecular formula is C16H17ClN2O7S. The third kappa shape index (κ3) is 5.57. The molecule has 11 heteroatoms. The topological polar surface area (TPSA) is 125 Å². The number of nitro groups is 1. The molecule has 0 bridgehead atoms. The Hall–Kier alpha value is -2.33. The minimum atomic E-state index is -0.996. The van der Waals surface area contributed by atoms with Crippen molar-refractivity contribution >= 4 is 46.9 Å². The fourth-order valence-electron chi connectivity index (χ4n) is 2.33. The first-order chi connectivity index (χ1) is 12.8. The van der Waals surface area contributed by atoms with Gasteiger partial charge in [-0.3, -0.25) is 14.9 Å². The zero-order valence-electron chi connectivity index (χ0n) is 14.3. The second-order valence-corrected chi connectivity index (χ2v) is 7.00. The molecule has 0 aliphatic carbocycles. The molecule has 1 heterocycles. The number of thioether (sulfide) groups is 1. The lowest BCUT2D eigenvalue weighted by Gasteiger charge is -2.19. The zero-order chi connectivity index (χ0) is 20.0. The Kier molecular flexibility index (Phi) is 7.43. The van der Waals surface area contributed by atoms with Gasteiger partial charge in [-0.15, -0.1) is 0 Å². The lowest BCUT2D eigenvalue weighted by atomic mass is 10.1. The summed E-state index contributed by atoms with van der Waals surface area (Å²) in [6, 6.07) is 2.41. The second-order valence-electron chi connectivity index (χ2n) is 5.61. The van der Waals surface area contributed by atoms with Crippen molar-refractivity contribution < 1.29 is 28.8 Å². The lowest BCUT2D eigenvalue weighted by molar-refractivity contribution is -0.384. The summed E-state index contributed by atoms with van der Waals surface area (Å²) < 4.78 is 9.88. The Bertz CT molecular complexity index is 758. The van der Waals surface area contributed by atoms with E-state index in [0.717, 1.165) is 12.1 Å². The number of nitrogens with one attached hydrogen (secondary N) is 1. The predicted molar refractivity (Wildman–Crippen MR) is 97.8 cm³/mol. The second kappa shape index (κ2) is 9.56. The molecular weight excluding hydrogens is 400 g/mol. The highest BCUT2D eigenvalue weighted by atomic mass is 35.5. The van der Waals surface area contributed by atoms with E-state index in [1.165, 1.54) is 17.8 Å². The number of cyclic esters (lactones) is 1. The van der Waals surface area contributed by atoms with Crippen LogP contribution >= 0.6 is 23.4 Å².